The second-order valence-electron chi connectivity index (χ2n) is 8.98. The predicted octanol–water partition coefficient (Wildman–Crippen LogP) is 4.30. The molecule has 5 rings (SSSR count). The van der Waals surface area contributed by atoms with Gasteiger partial charge in [-0.2, -0.15) is 0 Å². The van der Waals surface area contributed by atoms with Crippen molar-refractivity contribution >= 4 is 10.0 Å². The molecule has 0 aliphatic carbocycles. The Hall–Kier alpha value is -3.81. The van der Waals surface area contributed by atoms with Crippen LogP contribution in [0.4, 0.5) is 0 Å². The van der Waals surface area contributed by atoms with Crippen LogP contribution in [0.5, 0.6) is 0 Å². The Kier molecular flexibility index (Phi) is 7.40. The van der Waals surface area contributed by atoms with E-state index >= 15 is 0 Å². The Morgan fingerprint density at radius 2 is 1.79 bits per heavy atom. The van der Waals surface area contributed by atoms with E-state index in [2.05, 4.69) is 27.9 Å². The van der Waals surface area contributed by atoms with E-state index in [9.17, 15) is 8.42 Å². The molecule has 0 unspecified atom stereocenters. The smallest absolute Gasteiger partial charge is 0.274 e. The summed E-state index contributed by atoms with van der Waals surface area (Å²) in [5.41, 5.74) is 3.11. The summed E-state index contributed by atoms with van der Waals surface area (Å²) >= 11 is 0. The second kappa shape index (κ2) is 10.9. The number of oxazole rings is 1. The predicted molar refractivity (Wildman–Crippen MR) is 142 cm³/mol. The molecular weight excluding hydrogens is 502 g/mol. The van der Waals surface area contributed by atoms with Crippen LogP contribution >= 0.6 is 0 Å². The molecule has 0 spiro atoms. The highest BCUT2D eigenvalue weighted by Gasteiger charge is 2.34. The lowest BCUT2D eigenvalue weighted by molar-refractivity contribution is -0.0949. The van der Waals surface area contributed by atoms with E-state index in [-0.39, 0.29) is 16.5 Å². The largest absolute Gasteiger partial charge is 0.429 e. The summed E-state index contributed by atoms with van der Waals surface area (Å²) in [6.07, 6.45) is 5.56. The van der Waals surface area contributed by atoms with Crippen LogP contribution in [0.2, 0.25) is 0 Å². The minimum atomic E-state index is -3.99. The van der Waals surface area contributed by atoms with Gasteiger partial charge in [-0.1, -0.05) is 48.4 Å². The number of nitrogens with zero attached hydrogens (tertiary/aromatic N) is 2. The van der Waals surface area contributed by atoms with Gasteiger partial charge in [0, 0.05) is 68.7 Å². The minimum Gasteiger partial charge on any atom is -0.429 e. The number of primary sulfonamides is 1. The van der Waals surface area contributed by atoms with Crippen molar-refractivity contribution < 1.29 is 22.3 Å². The first-order valence-corrected chi connectivity index (χ1v) is 13.7. The molecule has 1 aliphatic rings. The molecule has 1 aliphatic heterocycles. The molecule has 3 heterocycles. The van der Waals surface area contributed by atoms with Gasteiger partial charge in [-0.15, -0.1) is 0 Å². The Bertz CT molecular complexity index is 1600. The zero-order valence-corrected chi connectivity index (χ0v) is 21.7. The number of sulfonamides is 1. The molecule has 38 heavy (non-hydrogen) atoms. The lowest BCUT2D eigenvalue weighted by atomic mass is 9.86. The summed E-state index contributed by atoms with van der Waals surface area (Å²) in [5.74, 6) is 6.56. The van der Waals surface area contributed by atoms with E-state index in [1.807, 2.05) is 36.5 Å². The molecule has 2 aromatic carbocycles. The fourth-order valence-electron chi connectivity index (χ4n) is 4.62. The van der Waals surface area contributed by atoms with Gasteiger partial charge in [-0.25, -0.2) is 18.5 Å². The van der Waals surface area contributed by atoms with Gasteiger partial charge >= 0.3 is 0 Å². The van der Waals surface area contributed by atoms with Gasteiger partial charge in [-0.3, -0.25) is 4.98 Å². The molecule has 0 saturated carbocycles. The Morgan fingerprint density at radius 1 is 1.05 bits per heavy atom. The van der Waals surface area contributed by atoms with Gasteiger partial charge in [0.05, 0.1) is 10.5 Å². The molecule has 194 valence electrons. The van der Waals surface area contributed by atoms with Crippen LogP contribution in [-0.4, -0.2) is 38.7 Å². The molecule has 0 bridgehead atoms. The lowest BCUT2D eigenvalue weighted by Crippen LogP contribution is -2.35. The van der Waals surface area contributed by atoms with Gasteiger partial charge in [0.1, 0.15) is 5.69 Å². The van der Waals surface area contributed by atoms with Gasteiger partial charge in [0.2, 0.25) is 10.0 Å². The first-order chi connectivity index (χ1) is 18.4. The van der Waals surface area contributed by atoms with Gasteiger partial charge in [-0.05, 0) is 29.7 Å². The Morgan fingerprint density at radius 3 is 2.53 bits per heavy atom. The van der Waals surface area contributed by atoms with Crippen LogP contribution in [0.15, 0.2) is 82.4 Å². The summed E-state index contributed by atoms with van der Waals surface area (Å²) < 4.78 is 42.0. The van der Waals surface area contributed by atoms with Gasteiger partial charge < -0.3 is 13.9 Å². The summed E-state index contributed by atoms with van der Waals surface area (Å²) in [5, 5.41) is 5.48. The van der Waals surface area contributed by atoms with Crippen LogP contribution in [0.25, 0.3) is 22.6 Å². The van der Waals surface area contributed by atoms with Crippen LogP contribution < -0.4 is 5.14 Å². The van der Waals surface area contributed by atoms with E-state index in [1.54, 1.807) is 31.5 Å². The number of methoxy groups -OCH3 is 1. The van der Waals surface area contributed by atoms with Crippen molar-refractivity contribution in [2.45, 2.75) is 29.8 Å². The molecular formula is C29H27N3O5S. The van der Waals surface area contributed by atoms with E-state index in [1.165, 1.54) is 6.07 Å². The van der Waals surface area contributed by atoms with Gasteiger partial charge in [0.15, 0.2) is 5.76 Å². The summed E-state index contributed by atoms with van der Waals surface area (Å²) in [4.78, 5) is 8.97. The zero-order valence-electron chi connectivity index (χ0n) is 20.9. The maximum atomic E-state index is 12.3. The molecule has 2 N–H and O–H groups in total. The summed E-state index contributed by atoms with van der Waals surface area (Å²) in [6.45, 7) is 1.28. The fraction of sp³-hybridized carbons (Fsp3) is 0.241. The molecule has 8 nitrogen and oxygen atoms in total. The third-order valence-electron chi connectivity index (χ3n) is 6.61. The number of aromatic nitrogens is 2. The Balaban J connectivity index is 1.48. The number of ether oxygens (including phenoxy) is 2. The molecule has 0 radical (unpaired) electrons. The second-order valence-corrected chi connectivity index (χ2v) is 10.5. The normalized spacial score (nSPS) is 15.0. The number of nitrogens with two attached hydrogens (primary N) is 1. The molecule has 1 saturated heterocycles. The fourth-order valence-corrected chi connectivity index (χ4v) is 5.35. The van der Waals surface area contributed by atoms with Crippen molar-refractivity contribution in [1.29, 1.82) is 0 Å². The van der Waals surface area contributed by atoms with Crippen molar-refractivity contribution in [3.63, 3.8) is 0 Å². The molecule has 4 aromatic rings. The van der Waals surface area contributed by atoms with Gasteiger partial charge in [0.25, 0.3) is 5.89 Å². The molecule has 9 heteroatoms. The zero-order chi connectivity index (χ0) is 26.6. The van der Waals surface area contributed by atoms with Crippen molar-refractivity contribution in [3.05, 3.63) is 90.1 Å². The third-order valence-corrected chi connectivity index (χ3v) is 7.58. The van der Waals surface area contributed by atoms with E-state index in [0.29, 0.717) is 30.9 Å². The maximum Gasteiger partial charge on any atom is 0.274 e. The van der Waals surface area contributed by atoms with E-state index in [4.69, 9.17) is 19.0 Å². The van der Waals surface area contributed by atoms with Crippen molar-refractivity contribution in [2.24, 2.45) is 5.14 Å². The average molecular weight is 530 g/mol. The maximum absolute atomic E-state index is 12.3. The highest BCUT2D eigenvalue weighted by molar-refractivity contribution is 7.89. The molecule has 0 amide bonds. The monoisotopic (exact) mass is 529 g/mol. The first-order valence-electron chi connectivity index (χ1n) is 12.1. The van der Waals surface area contributed by atoms with Crippen molar-refractivity contribution in [1.82, 2.24) is 9.97 Å². The number of hydrogen-bond acceptors (Lipinski definition) is 7. The highest BCUT2D eigenvalue weighted by Crippen LogP contribution is 2.36. The summed E-state index contributed by atoms with van der Waals surface area (Å²) in [6, 6.07) is 17.9. The molecule has 2 aromatic heterocycles. The standard InChI is InChI=1S/C29H27N3O5S/c1-35-29(14-16-36-17-15-29)23-18-21(19-31-20-23)8-7-13-26-32-27(22-9-3-2-4-10-22)28(37-26)24-11-5-6-12-25(24)38(30,33)34/h2-6,9-12,18-20H,8,14-17H2,1H3,(H2,30,33,34). The number of hydrogen-bond donors (Lipinski definition) is 1. The minimum absolute atomic E-state index is 0.0454. The lowest BCUT2D eigenvalue weighted by Gasteiger charge is -2.36. The van der Waals surface area contributed by atoms with E-state index in [0.717, 1.165) is 29.5 Å². The quantitative estimate of drug-likeness (QED) is 0.370. The number of pyridine rings is 1. The van der Waals surface area contributed by atoms with Crippen LogP contribution in [0, 0.1) is 11.8 Å². The third kappa shape index (κ3) is 5.39. The molecule has 0 atom stereocenters. The highest BCUT2D eigenvalue weighted by atomic mass is 32.2. The average Bonchev–Trinajstić information content (AvgIpc) is 3.38. The molecule has 1 fully saturated rings. The first kappa shape index (κ1) is 25.8. The number of rotatable bonds is 6. The number of benzene rings is 2. The van der Waals surface area contributed by atoms with Crippen molar-refractivity contribution in [2.75, 3.05) is 20.3 Å². The Labute approximate surface area is 221 Å². The van der Waals surface area contributed by atoms with Crippen LogP contribution in [0.3, 0.4) is 0 Å². The van der Waals surface area contributed by atoms with E-state index < -0.39 is 15.6 Å². The van der Waals surface area contributed by atoms with Crippen LogP contribution in [-0.2, 0) is 31.5 Å². The van der Waals surface area contributed by atoms with Crippen molar-refractivity contribution in [3.8, 4) is 34.4 Å². The summed E-state index contributed by atoms with van der Waals surface area (Å²) in [7, 11) is -2.28. The van der Waals surface area contributed by atoms with Crippen LogP contribution in [0.1, 0.15) is 29.9 Å². The SMILES string of the molecule is COC1(c2cncc(CC#Cc3nc(-c4ccccc4)c(-c4ccccc4S(N)(=O)=O)o3)c2)CCOCC1. The topological polar surface area (TPSA) is 118 Å².